The highest BCUT2D eigenvalue weighted by Gasteiger charge is 2.28. The molecule has 0 spiro atoms. The summed E-state index contributed by atoms with van der Waals surface area (Å²) >= 11 is 0. The van der Waals surface area contributed by atoms with Crippen molar-refractivity contribution in [3.8, 4) is 11.5 Å². The Morgan fingerprint density at radius 2 is 2.11 bits per heavy atom. The maximum atomic E-state index is 14.3. The zero-order valence-corrected chi connectivity index (χ0v) is 14.6. The summed E-state index contributed by atoms with van der Waals surface area (Å²) in [6.07, 6.45) is 0.676. The van der Waals surface area contributed by atoms with Crippen LogP contribution in [0.15, 0.2) is 36.4 Å². The maximum Gasteiger partial charge on any atom is 0.247 e. The van der Waals surface area contributed by atoms with E-state index in [1.807, 2.05) is 0 Å². The summed E-state index contributed by atoms with van der Waals surface area (Å²) in [7, 11) is 1.35. The number of hydrogen-bond acceptors (Lipinski definition) is 4. The minimum absolute atomic E-state index is 0.139. The number of benzene rings is 2. The lowest BCUT2D eigenvalue weighted by Gasteiger charge is -2.16. The van der Waals surface area contributed by atoms with Gasteiger partial charge in [-0.3, -0.25) is 9.59 Å². The highest BCUT2D eigenvalue weighted by Crippen LogP contribution is 2.29. The Labute approximate surface area is 154 Å². The number of carbonyl (C=O) groups is 2. The lowest BCUT2D eigenvalue weighted by molar-refractivity contribution is -0.122. The molecule has 1 heterocycles. The molecule has 142 valence electrons. The molecule has 1 atom stereocenters. The van der Waals surface area contributed by atoms with Gasteiger partial charge in [-0.1, -0.05) is 6.07 Å². The summed E-state index contributed by atoms with van der Waals surface area (Å²) in [5, 5.41) is 5.20. The van der Waals surface area contributed by atoms with Gasteiger partial charge < -0.3 is 20.1 Å². The number of rotatable bonds is 6. The smallest absolute Gasteiger partial charge is 0.247 e. The van der Waals surface area contributed by atoms with E-state index in [2.05, 4.69) is 10.6 Å². The molecule has 1 unspecified atom stereocenters. The van der Waals surface area contributed by atoms with Crippen molar-refractivity contribution in [3.05, 3.63) is 53.6 Å². The molecule has 2 N–H and O–H groups in total. The van der Waals surface area contributed by atoms with E-state index in [1.54, 1.807) is 6.07 Å². The number of halogens is 2. The summed E-state index contributed by atoms with van der Waals surface area (Å²) in [5.41, 5.74) is 0.411. The largest absolute Gasteiger partial charge is 0.494 e. The third kappa shape index (κ3) is 4.52. The topological polar surface area (TPSA) is 76.7 Å². The van der Waals surface area contributed by atoms with Crippen LogP contribution in [-0.2, 0) is 16.2 Å². The first-order valence-corrected chi connectivity index (χ1v) is 8.31. The minimum Gasteiger partial charge on any atom is -0.494 e. The van der Waals surface area contributed by atoms with Crippen LogP contribution in [0, 0.1) is 11.6 Å². The molecule has 0 aliphatic carbocycles. The second-order valence-corrected chi connectivity index (χ2v) is 6.04. The highest BCUT2D eigenvalue weighted by atomic mass is 19.1. The van der Waals surface area contributed by atoms with Crippen molar-refractivity contribution >= 4 is 17.5 Å². The average molecular weight is 376 g/mol. The highest BCUT2D eigenvalue weighted by molar-refractivity contribution is 5.99. The van der Waals surface area contributed by atoms with Crippen molar-refractivity contribution in [3.63, 3.8) is 0 Å². The van der Waals surface area contributed by atoms with Gasteiger partial charge in [0.25, 0.3) is 0 Å². The number of methoxy groups -OCH3 is 1. The fourth-order valence-corrected chi connectivity index (χ4v) is 2.73. The number of anilines is 1. The van der Waals surface area contributed by atoms with Crippen molar-refractivity contribution in [2.75, 3.05) is 12.4 Å². The summed E-state index contributed by atoms with van der Waals surface area (Å²) < 4.78 is 38.0. The van der Waals surface area contributed by atoms with Gasteiger partial charge in [0.1, 0.15) is 35.8 Å². The quantitative estimate of drug-likeness (QED) is 0.813. The van der Waals surface area contributed by atoms with Crippen molar-refractivity contribution in [2.24, 2.45) is 0 Å². The molecule has 1 saturated heterocycles. The van der Waals surface area contributed by atoms with Gasteiger partial charge in [0.15, 0.2) is 0 Å². The minimum atomic E-state index is -0.640. The summed E-state index contributed by atoms with van der Waals surface area (Å²) in [5.74, 6) is -1.26. The molecule has 2 aromatic rings. The number of nitrogens with one attached hydrogen (secondary N) is 2. The Bertz CT molecular complexity index is 873. The van der Waals surface area contributed by atoms with Crippen LogP contribution in [0.3, 0.4) is 0 Å². The molecule has 1 fully saturated rings. The van der Waals surface area contributed by atoms with Gasteiger partial charge in [0, 0.05) is 24.1 Å². The molecule has 0 radical (unpaired) electrons. The van der Waals surface area contributed by atoms with Gasteiger partial charge in [0.05, 0.1) is 12.8 Å². The average Bonchev–Trinajstić information content (AvgIpc) is 3.08. The normalized spacial score (nSPS) is 16.0. The molecule has 2 amide bonds. The van der Waals surface area contributed by atoms with E-state index in [-0.39, 0.29) is 41.7 Å². The lowest BCUT2D eigenvalue weighted by atomic mass is 10.1. The van der Waals surface area contributed by atoms with Gasteiger partial charge in [0.2, 0.25) is 11.8 Å². The van der Waals surface area contributed by atoms with E-state index in [0.29, 0.717) is 6.42 Å². The van der Waals surface area contributed by atoms with Crippen LogP contribution in [0.4, 0.5) is 14.5 Å². The van der Waals surface area contributed by atoms with Crippen molar-refractivity contribution in [1.82, 2.24) is 5.32 Å². The second-order valence-electron chi connectivity index (χ2n) is 6.04. The maximum absolute atomic E-state index is 14.3. The van der Waals surface area contributed by atoms with E-state index < -0.39 is 23.6 Å². The molecule has 2 aromatic carbocycles. The Hall–Kier alpha value is -3.16. The van der Waals surface area contributed by atoms with Crippen molar-refractivity contribution in [2.45, 2.75) is 25.5 Å². The molecule has 3 rings (SSSR count). The molecule has 6 nitrogen and oxygen atoms in total. The van der Waals surface area contributed by atoms with Crippen LogP contribution in [0.5, 0.6) is 11.5 Å². The van der Waals surface area contributed by atoms with Crippen molar-refractivity contribution in [1.29, 1.82) is 0 Å². The first-order chi connectivity index (χ1) is 13.0. The molecule has 8 heteroatoms. The van der Waals surface area contributed by atoms with E-state index in [9.17, 15) is 18.4 Å². The number of ether oxygens (including phenoxy) is 2. The van der Waals surface area contributed by atoms with Gasteiger partial charge in [-0.15, -0.1) is 0 Å². The van der Waals surface area contributed by atoms with Crippen LogP contribution in [0.1, 0.15) is 18.4 Å². The first-order valence-electron chi connectivity index (χ1n) is 8.31. The standard InChI is InChI=1S/C19H18F2N2O4/c1-26-17-9-14(21)11(10-27-13-4-2-3-12(20)8-13)7-16(17)23-19(25)15-5-6-18(24)22-15/h2-4,7-9,15H,5-6,10H2,1H3,(H,22,24)(H,23,25). The fourth-order valence-electron chi connectivity index (χ4n) is 2.73. The summed E-state index contributed by atoms with van der Waals surface area (Å²) in [4.78, 5) is 23.6. The molecule has 27 heavy (non-hydrogen) atoms. The first kappa shape index (κ1) is 18.6. The van der Waals surface area contributed by atoms with Gasteiger partial charge >= 0.3 is 0 Å². The van der Waals surface area contributed by atoms with Crippen LogP contribution >= 0.6 is 0 Å². The number of carbonyl (C=O) groups excluding carboxylic acids is 2. The Kier molecular flexibility index (Phi) is 5.54. The zero-order chi connectivity index (χ0) is 19.4. The molecule has 1 aliphatic rings. The molecular formula is C19H18F2N2O4. The second kappa shape index (κ2) is 8.03. The van der Waals surface area contributed by atoms with E-state index in [1.165, 1.54) is 31.4 Å². The van der Waals surface area contributed by atoms with E-state index >= 15 is 0 Å². The van der Waals surface area contributed by atoms with Crippen LogP contribution in [0.25, 0.3) is 0 Å². The molecular weight excluding hydrogens is 358 g/mol. The molecule has 0 bridgehead atoms. The summed E-state index contributed by atoms with van der Waals surface area (Å²) in [6.45, 7) is -0.164. The third-order valence-corrected chi connectivity index (χ3v) is 4.13. The number of hydrogen-bond donors (Lipinski definition) is 2. The van der Waals surface area contributed by atoms with Crippen LogP contribution in [0.2, 0.25) is 0 Å². The van der Waals surface area contributed by atoms with E-state index in [0.717, 1.165) is 6.07 Å². The predicted octanol–water partition coefficient (Wildman–Crippen LogP) is 2.77. The van der Waals surface area contributed by atoms with Crippen LogP contribution in [-0.4, -0.2) is 25.0 Å². The number of amides is 2. The zero-order valence-electron chi connectivity index (χ0n) is 14.6. The Morgan fingerprint density at radius 1 is 1.30 bits per heavy atom. The Balaban J connectivity index is 1.76. The van der Waals surface area contributed by atoms with Crippen LogP contribution < -0.4 is 20.1 Å². The van der Waals surface area contributed by atoms with E-state index in [4.69, 9.17) is 9.47 Å². The molecule has 0 aromatic heterocycles. The summed E-state index contributed by atoms with van der Waals surface area (Å²) in [6, 6.07) is 7.38. The van der Waals surface area contributed by atoms with Gasteiger partial charge in [-0.2, -0.15) is 0 Å². The Morgan fingerprint density at radius 3 is 2.78 bits per heavy atom. The monoisotopic (exact) mass is 376 g/mol. The predicted molar refractivity (Wildman–Crippen MR) is 93.5 cm³/mol. The van der Waals surface area contributed by atoms with Gasteiger partial charge in [-0.05, 0) is 24.6 Å². The third-order valence-electron chi connectivity index (χ3n) is 4.13. The SMILES string of the molecule is COc1cc(F)c(COc2cccc(F)c2)cc1NC(=O)C1CCC(=O)N1. The lowest BCUT2D eigenvalue weighted by Crippen LogP contribution is -2.37. The molecule has 1 aliphatic heterocycles. The van der Waals surface area contributed by atoms with Gasteiger partial charge in [-0.25, -0.2) is 8.78 Å². The molecule has 0 saturated carbocycles. The van der Waals surface area contributed by atoms with Crippen molar-refractivity contribution < 1.29 is 27.8 Å². The fraction of sp³-hybridized carbons (Fsp3) is 0.263.